The van der Waals surface area contributed by atoms with Crippen molar-refractivity contribution in [2.75, 3.05) is 24.5 Å². The highest BCUT2D eigenvalue weighted by Gasteiger charge is 2.35. The lowest BCUT2D eigenvalue weighted by molar-refractivity contribution is -0.141. The van der Waals surface area contributed by atoms with Crippen LogP contribution >= 0.6 is 0 Å². The van der Waals surface area contributed by atoms with Gasteiger partial charge in [-0.3, -0.25) is 9.78 Å². The molecular formula is C20H22F3N5O. The molecule has 0 spiro atoms. The van der Waals surface area contributed by atoms with Gasteiger partial charge in [0.25, 0.3) is 0 Å². The van der Waals surface area contributed by atoms with Gasteiger partial charge in [0.05, 0.1) is 5.92 Å². The van der Waals surface area contributed by atoms with E-state index in [4.69, 9.17) is 0 Å². The maximum atomic E-state index is 13.4. The highest BCUT2D eigenvalue weighted by atomic mass is 19.4. The van der Waals surface area contributed by atoms with Crippen LogP contribution in [0, 0.1) is 11.8 Å². The number of halogens is 3. The fourth-order valence-corrected chi connectivity index (χ4v) is 3.48. The average molecular weight is 405 g/mol. The molecule has 0 radical (unpaired) electrons. The Bertz CT molecular complexity index is 870. The summed E-state index contributed by atoms with van der Waals surface area (Å²) >= 11 is 0. The molecule has 1 aliphatic carbocycles. The van der Waals surface area contributed by atoms with Gasteiger partial charge in [-0.05, 0) is 43.7 Å². The molecule has 0 aromatic carbocycles. The van der Waals surface area contributed by atoms with E-state index in [0.717, 1.165) is 31.7 Å². The maximum absolute atomic E-state index is 13.4. The Kier molecular flexibility index (Phi) is 5.38. The minimum atomic E-state index is -4.59. The summed E-state index contributed by atoms with van der Waals surface area (Å²) in [6.07, 6.45) is 2.13. The summed E-state index contributed by atoms with van der Waals surface area (Å²) < 4.78 is 40.3. The standard InChI is InChI=1S/C20H22F3N5O/c21-20(22,23)16-10-17(27-18(26-16)14-5-7-24-8-6-14)28-9-1-2-15(12-28)19(29)25-11-13-3-4-13/h5-8,10,13,15H,1-4,9,11-12H2,(H,25,29). The van der Waals surface area contributed by atoms with Crippen LogP contribution in [0.3, 0.4) is 0 Å². The Morgan fingerprint density at radius 1 is 1.17 bits per heavy atom. The molecule has 1 N–H and O–H groups in total. The van der Waals surface area contributed by atoms with Crippen LogP contribution in [0.1, 0.15) is 31.4 Å². The fourth-order valence-electron chi connectivity index (χ4n) is 3.48. The Hall–Kier alpha value is -2.71. The monoisotopic (exact) mass is 405 g/mol. The first-order valence-electron chi connectivity index (χ1n) is 9.79. The van der Waals surface area contributed by atoms with E-state index in [1.165, 1.54) is 12.4 Å². The van der Waals surface area contributed by atoms with Gasteiger partial charge in [-0.15, -0.1) is 0 Å². The molecule has 1 saturated heterocycles. The van der Waals surface area contributed by atoms with E-state index < -0.39 is 11.9 Å². The molecule has 4 rings (SSSR count). The van der Waals surface area contributed by atoms with Crippen LogP contribution in [0.15, 0.2) is 30.6 Å². The minimum absolute atomic E-state index is 0.00228. The SMILES string of the molecule is O=C(NCC1CC1)C1CCCN(c2cc(C(F)(F)F)nc(-c3ccncc3)n2)C1. The van der Waals surface area contributed by atoms with Crippen molar-refractivity contribution in [2.45, 2.75) is 31.9 Å². The zero-order valence-corrected chi connectivity index (χ0v) is 15.8. The Morgan fingerprint density at radius 2 is 1.93 bits per heavy atom. The molecule has 29 heavy (non-hydrogen) atoms. The highest BCUT2D eigenvalue weighted by molar-refractivity contribution is 5.79. The maximum Gasteiger partial charge on any atom is 0.433 e. The van der Waals surface area contributed by atoms with Gasteiger partial charge in [-0.2, -0.15) is 13.2 Å². The van der Waals surface area contributed by atoms with E-state index in [2.05, 4.69) is 20.3 Å². The van der Waals surface area contributed by atoms with Gasteiger partial charge in [-0.25, -0.2) is 9.97 Å². The number of hydrogen-bond acceptors (Lipinski definition) is 5. The molecule has 2 aliphatic rings. The lowest BCUT2D eigenvalue weighted by Gasteiger charge is -2.33. The van der Waals surface area contributed by atoms with Gasteiger partial charge in [0.2, 0.25) is 5.91 Å². The summed E-state index contributed by atoms with van der Waals surface area (Å²) in [5, 5.41) is 2.97. The number of aromatic nitrogens is 3. The van der Waals surface area contributed by atoms with E-state index >= 15 is 0 Å². The third-order valence-electron chi connectivity index (χ3n) is 5.32. The Balaban J connectivity index is 1.58. The van der Waals surface area contributed by atoms with Crippen molar-refractivity contribution in [3.05, 3.63) is 36.3 Å². The lowest BCUT2D eigenvalue weighted by Crippen LogP contribution is -2.44. The van der Waals surface area contributed by atoms with Gasteiger partial charge < -0.3 is 10.2 Å². The first kappa shape index (κ1) is 19.6. The number of amides is 1. The van der Waals surface area contributed by atoms with Crippen molar-refractivity contribution >= 4 is 11.7 Å². The molecule has 1 aliphatic heterocycles. The second-order valence-corrected chi connectivity index (χ2v) is 7.64. The van der Waals surface area contributed by atoms with Gasteiger partial charge >= 0.3 is 6.18 Å². The molecule has 154 valence electrons. The zero-order chi connectivity index (χ0) is 20.4. The van der Waals surface area contributed by atoms with E-state index in [1.54, 1.807) is 17.0 Å². The van der Waals surface area contributed by atoms with Crippen LogP contribution in [-0.4, -0.2) is 40.5 Å². The zero-order valence-electron chi connectivity index (χ0n) is 15.8. The number of carbonyl (C=O) groups is 1. The number of nitrogens with one attached hydrogen (secondary N) is 1. The number of piperidine rings is 1. The van der Waals surface area contributed by atoms with Gasteiger partial charge in [0.1, 0.15) is 5.82 Å². The summed E-state index contributed by atoms with van der Waals surface area (Å²) in [4.78, 5) is 26.2. The molecule has 1 amide bonds. The van der Waals surface area contributed by atoms with Gasteiger partial charge in [0, 0.05) is 43.7 Å². The molecule has 1 atom stereocenters. The summed E-state index contributed by atoms with van der Waals surface area (Å²) in [5.41, 5.74) is -0.530. The molecule has 2 aromatic heterocycles. The smallest absolute Gasteiger partial charge is 0.356 e. The normalized spacial score (nSPS) is 19.8. The number of pyridine rings is 1. The minimum Gasteiger partial charge on any atom is -0.356 e. The molecule has 3 heterocycles. The number of nitrogens with zero attached hydrogens (tertiary/aromatic N) is 4. The second kappa shape index (κ2) is 7.96. The summed E-state index contributed by atoms with van der Waals surface area (Å²) in [7, 11) is 0. The lowest BCUT2D eigenvalue weighted by atomic mass is 9.97. The van der Waals surface area contributed by atoms with Crippen molar-refractivity contribution in [1.29, 1.82) is 0 Å². The third kappa shape index (κ3) is 4.83. The summed E-state index contributed by atoms with van der Waals surface area (Å²) in [6.45, 7) is 1.59. The van der Waals surface area contributed by atoms with Crippen LogP contribution in [-0.2, 0) is 11.0 Å². The number of alkyl halides is 3. The number of rotatable bonds is 5. The first-order valence-corrected chi connectivity index (χ1v) is 9.79. The summed E-state index contributed by atoms with van der Waals surface area (Å²) in [6, 6.07) is 4.11. The van der Waals surface area contributed by atoms with E-state index in [-0.39, 0.29) is 23.5 Å². The fraction of sp³-hybridized carbons (Fsp3) is 0.500. The van der Waals surface area contributed by atoms with Crippen molar-refractivity contribution < 1.29 is 18.0 Å². The van der Waals surface area contributed by atoms with Crippen LogP contribution in [0.2, 0.25) is 0 Å². The number of carbonyl (C=O) groups excluding carboxylic acids is 1. The molecule has 1 saturated carbocycles. The molecule has 2 aromatic rings. The molecular weight excluding hydrogens is 383 g/mol. The molecule has 0 bridgehead atoms. The van der Waals surface area contributed by atoms with Crippen molar-refractivity contribution in [1.82, 2.24) is 20.3 Å². The predicted octanol–water partition coefficient (Wildman–Crippen LogP) is 3.30. The van der Waals surface area contributed by atoms with Crippen LogP contribution in [0.5, 0.6) is 0 Å². The summed E-state index contributed by atoms with van der Waals surface area (Å²) in [5.74, 6) is 0.492. The van der Waals surface area contributed by atoms with E-state index in [9.17, 15) is 18.0 Å². The third-order valence-corrected chi connectivity index (χ3v) is 5.32. The number of hydrogen-bond donors (Lipinski definition) is 1. The molecule has 2 fully saturated rings. The molecule has 9 heteroatoms. The predicted molar refractivity (Wildman–Crippen MR) is 101 cm³/mol. The van der Waals surface area contributed by atoms with E-state index in [0.29, 0.717) is 31.1 Å². The van der Waals surface area contributed by atoms with Crippen LogP contribution in [0.4, 0.5) is 19.0 Å². The second-order valence-electron chi connectivity index (χ2n) is 7.64. The quantitative estimate of drug-likeness (QED) is 0.827. The average Bonchev–Trinajstić information content (AvgIpc) is 3.56. The Morgan fingerprint density at radius 3 is 2.62 bits per heavy atom. The van der Waals surface area contributed by atoms with Gasteiger partial charge in [0.15, 0.2) is 11.5 Å². The van der Waals surface area contributed by atoms with Crippen molar-refractivity contribution in [2.24, 2.45) is 11.8 Å². The van der Waals surface area contributed by atoms with Crippen molar-refractivity contribution in [3.8, 4) is 11.4 Å². The molecule has 1 unspecified atom stereocenters. The molecule has 6 nitrogen and oxygen atoms in total. The highest BCUT2D eigenvalue weighted by Crippen LogP contribution is 2.33. The number of anilines is 1. The van der Waals surface area contributed by atoms with E-state index in [1.807, 2.05) is 0 Å². The Labute approximate surface area is 166 Å². The topological polar surface area (TPSA) is 71.0 Å². The van der Waals surface area contributed by atoms with Crippen LogP contribution < -0.4 is 10.2 Å². The van der Waals surface area contributed by atoms with Crippen LogP contribution in [0.25, 0.3) is 11.4 Å². The van der Waals surface area contributed by atoms with Crippen molar-refractivity contribution in [3.63, 3.8) is 0 Å². The largest absolute Gasteiger partial charge is 0.433 e. The first-order chi connectivity index (χ1) is 13.9. The van der Waals surface area contributed by atoms with Gasteiger partial charge in [-0.1, -0.05) is 0 Å².